The number of carbonyl (C=O) groups excluding carboxylic acids is 2. The Morgan fingerprint density at radius 1 is 1.42 bits per heavy atom. The molecule has 1 N–H and O–H groups in total. The quantitative estimate of drug-likeness (QED) is 0.487. The van der Waals surface area contributed by atoms with Crippen LogP contribution < -0.4 is 5.32 Å². The molecular formula is C11H14N2O6. The molecule has 0 aliphatic carbocycles. The van der Waals surface area contributed by atoms with Crippen LogP contribution in [0.3, 0.4) is 0 Å². The second kappa shape index (κ2) is 5.98. The molecule has 1 heterocycles. The van der Waals surface area contributed by atoms with Crippen molar-refractivity contribution >= 4 is 17.8 Å². The molecule has 0 aromatic carbocycles. The van der Waals surface area contributed by atoms with Gasteiger partial charge in [0, 0.05) is 0 Å². The highest BCUT2D eigenvalue weighted by Crippen LogP contribution is 2.16. The van der Waals surface area contributed by atoms with Crippen LogP contribution in [0.5, 0.6) is 0 Å². The Morgan fingerprint density at radius 3 is 2.47 bits per heavy atom. The van der Waals surface area contributed by atoms with Crippen molar-refractivity contribution in [2.24, 2.45) is 5.92 Å². The fourth-order valence-corrected chi connectivity index (χ4v) is 1.38. The molecule has 0 aliphatic rings. The van der Waals surface area contributed by atoms with E-state index in [1.807, 2.05) is 0 Å². The summed E-state index contributed by atoms with van der Waals surface area (Å²) in [4.78, 5) is 32.9. The summed E-state index contributed by atoms with van der Waals surface area (Å²) in [7, 11) is 1.21. The maximum Gasteiger partial charge on any atom is 0.433 e. The lowest BCUT2D eigenvalue weighted by molar-refractivity contribution is -0.402. The minimum atomic E-state index is -0.846. The first-order valence-electron chi connectivity index (χ1n) is 5.49. The van der Waals surface area contributed by atoms with Crippen LogP contribution in [0.1, 0.15) is 24.4 Å². The van der Waals surface area contributed by atoms with Gasteiger partial charge in [-0.1, -0.05) is 13.8 Å². The summed E-state index contributed by atoms with van der Waals surface area (Å²) in [6, 6.07) is 1.39. The molecule has 0 fully saturated rings. The molecular weight excluding hydrogens is 256 g/mol. The molecule has 0 radical (unpaired) electrons. The lowest BCUT2D eigenvalue weighted by Gasteiger charge is -2.18. The fraction of sp³-hybridized carbons (Fsp3) is 0.455. The first-order chi connectivity index (χ1) is 8.86. The number of furan rings is 1. The van der Waals surface area contributed by atoms with Crippen LogP contribution in [0.15, 0.2) is 16.5 Å². The Hall–Kier alpha value is -2.38. The van der Waals surface area contributed by atoms with E-state index in [9.17, 15) is 19.7 Å². The Balaban J connectivity index is 2.81. The van der Waals surface area contributed by atoms with E-state index in [2.05, 4.69) is 10.1 Å². The van der Waals surface area contributed by atoms with E-state index >= 15 is 0 Å². The zero-order chi connectivity index (χ0) is 14.6. The van der Waals surface area contributed by atoms with Crippen LogP contribution in [0.25, 0.3) is 0 Å². The third-order valence-corrected chi connectivity index (χ3v) is 2.40. The second-order valence-electron chi connectivity index (χ2n) is 4.11. The van der Waals surface area contributed by atoms with E-state index in [1.54, 1.807) is 13.8 Å². The Kier molecular flexibility index (Phi) is 4.62. The van der Waals surface area contributed by atoms with Gasteiger partial charge in [-0.3, -0.25) is 14.9 Å². The van der Waals surface area contributed by atoms with E-state index < -0.39 is 28.7 Å². The highest BCUT2D eigenvalue weighted by molar-refractivity contribution is 5.94. The first kappa shape index (κ1) is 14.7. The minimum Gasteiger partial charge on any atom is -0.467 e. The van der Waals surface area contributed by atoms with Crippen LogP contribution in [-0.2, 0) is 9.53 Å². The highest BCUT2D eigenvalue weighted by Gasteiger charge is 2.27. The van der Waals surface area contributed by atoms with Crippen molar-refractivity contribution in [2.45, 2.75) is 19.9 Å². The molecule has 1 aromatic heterocycles. The number of ether oxygens (including phenoxy) is 1. The largest absolute Gasteiger partial charge is 0.467 e. The summed E-state index contributed by atoms with van der Waals surface area (Å²) in [5.74, 6) is -2.27. The van der Waals surface area contributed by atoms with Crippen molar-refractivity contribution in [1.29, 1.82) is 0 Å². The maximum absolute atomic E-state index is 11.8. The average Bonchev–Trinajstić information content (AvgIpc) is 2.84. The van der Waals surface area contributed by atoms with Crippen LogP contribution in [0, 0.1) is 16.0 Å². The third-order valence-electron chi connectivity index (χ3n) is 2.40. The number of nitrogens with one attached hydrogen (secondary N) is 1. The standard InChI is InChI=1S/C11H14N2O6/c1-6(2)9(11(15)18-3)12-10(14)7-4-5-8(19-7)13(16)17/h4-6,9H,1-3H3,(H,12,14)/t9-/m0/s1. The van der Waals surface area contributed by atoms with E-state index in [0.717, 1.165) is 6.07 Å². The second-order valence-corrected chi connectivity index (χ2v) is 4.11. The van der Waals surface area contributed by atoms with Crippen molar-refractivity contribution in [3.8, 4) is 0 Å². The third kappa shape index (κ3) is 3.54. The predicted octanol–water partition coefficient (Wildman–Crippen LogP) is 1.12. The summed E-state index contributed by atoms with van der Waals surface area (Å²) in [6.07, 6.45) is 0. The van der Waals surface area contributed by atoms with Gasteiger partial charge >= 0.3 is 11.9 Å². The number of rotatable bonds is 5. The van der Waals surface area contributed by atoms with Crippen molar-refractivity contribution in [3.63, 3.8) is 0 Å². The van der Waals surface area contributed by atoms with Gasteiger partial charge in [-0.25, -0.2) is 4.79 Å². The first-order valence-corrected chi connectivity index (χ1v) is 5.49. The SMILES string of the molecule is COC(=O)[C@@H](NC(=O)c1ccc([N+](=O)[O-])o1)C(C)C. The van der Waals surface area contributed by atoms with E-state index in [1.165, 1.54) is 13.2 Å². The summed E-state index contributed by atoms with van der Waals surface area (Å²) in [5.41, 5.74) is 0. The minimum absolute atomic E-state index is 0.193. The zero-order valence-corrected chi connectivity index (χ0v) is 10.7. The lowest BCUT2D eigenvalue weighted by atomic mass is 10.0. The summed E-state index contributed by atoms with van der Waals surface area (Å²) in [6.45, 7) is 3.46. The summed E-state index contributed by atoms with van der Waals surface area (Å²) >= 11 is 0. The van der Waals surface area contributed by atoms with Gasteiger partial charge in [0.1, 0.15) is 11.0 Å². The number of nitrogens with zero attached hydrogens (tertiary/aromatic N) is 1. The maximum atomic E-state index is 11.8. The van der Waals surface area contributed by atoms with Crippen LogP contribution in [0.2, 0.25) is 0 Å². The topological polar surface area (TPSA) is 112 Å². The average molecular weight is 270 g/mol. The molecule has 0 spiro atoms. The lowest BCUT2D eigenvalue weighted by Crippen LogP contribution is -2.44. The van der Waals surface area contributed by atoms with Gasteiger partial charge in [-0.15, -0.1) is 0 Å². The number of amides is 1. The van der Waals surface area contributed by atoms with Gasteiger partial charge in [0.25, 0.3) is 5.91 Å². The van der Waals surface area contributed by atoms with Crippen molar-refractivity contribution in [3.05, 3.63) is 28.0 Å². The van der Waals surface area contributed by atoms with Gasteiger partial charge in [-0.05, 0) is 12.0 Å². The van der Waals surface area contributed by atoms with Crippen molar-refractivity contribution in [2.75, 3.05) is 7.11 Å². The molecule has 104 valence electrons. The predicted molar refractivity (Wildman–Crippen MR) is 63.5 cm³/mol. The fourth-order valence-electron chi connectivity index (χ4n) is 1.38. The molecule has 0 unspecified atom stereocenters. The monoisotopic (exact) mass is 270 g/mol. The normalized spacial score (nSPS) is 12.0. The Labute approximate surface area is 108 Å². The van der Waals surface area contributed by atoms with Gasteiger partial charge in [0.2, 0.25) is 0 Å². The Morgan fingerprint density at radius 2 is 2.05 bits per heavy atom. The molecule has 0 aliphatic heterocycles. The highest BCUT2D eigenvalue weighted by atomic mass is 16.6. The molecule has 0 saturated carbocycles. The molecule has 8 nitrogen and oxygen atoms in total. The molecule has 1 rings (SSSR count). The van der Waals surface area contributed by atoms with Gasteiger partial charge in [0.05, 0.1) is 13.2 Å². The molecule has 0 bridgehead atoms. The van der Waals surface area contributed by atoms with Crippen LogP contribution in [0.4, 0.5) is 5.88 Å². The molecule has 8 heteroatoms. The zero-order valence-electron chi connectivity index (χ0n) is 10.7. The molecule has 19 heavy (non-hydrogen) atoms. The van der Waals surface area contributed by atoms with Gasteiger partial charge in [0.15, 0.2) is 5.76 Å². The van der Waals surface area contributed by atoms with E-state index in [4.69, 9.17) is 4.42 Å². The Bertz CT molecular complexity index is 493. The van der Waals surface area contributed by atoms with Gasteiger partial charge in [-0.2, -0.15) is 0 Å². The molecule has 1 atom stereocenters. The number of hydrogen-bond donors (Lipinski definition) is 1. The van der Waals surface area contributed by atoms with Crippen molar-refractivity contribution < 1.29 is 23.7 Å². The van der Waals surface area contributed by atoms with E-state index in [0.29, 0.717) is 0 Å². The molecule has 1 aromatic rings. The summed E-state index contributed by atoms with van der Waals surface area (Å²) < 4.78 is 9.30. The van der Waals surface area contributed by atoms with Crippen LogP contribution >= 0.6 is 0 Å². The number of esters is 1. The van der Waals surface area contributed by atoms with Gasteiger partial charge < -0.3 is 14.5 Å². The number of hydrogen-bond acceptors (Lipinski definition) is 6. The number of nitro groups is 1. The number of methoxy groups -OCH3 is 1. The molecule has 1 amide bonds. The van der Waals surface area contributed by atoms with E-state index in [-0.39, 0.29) is 11.7 Å². The number of carbonyl (C=O) groups is 2. The molecule has 0 saturated heterocycles. The van der Waals surface area contributed by atoms with Crippen molar-refractivity contribution in [1.82, 2.24) is 5.32 Å². The smallest absolute Gasteiger partial charge is 0.433 e. The van der Waals surface area contributed by atoms with Crippen LogP contribution in [-0.4, -0.2) is 30.0 Å². The summed E-state index contributed by atoms with van der Waals surface area (Å²) in [5, 5.41) is 12.8.